The molecular weight excluding hydrogens is 360 g/mol. The summed E-state index contributed by atoms with van der Waals surface area (Å²) in [6.45, 7) is 5.65. The molecule has 3 nitrogen and oxygen atoms in total. The summed E-state index contributed by atoms with van der Waals surface area (Å²) < 4.78 is 38.8. The zero-order chi connectivity index (χ0) is 19.9. The van der Waals surface area contributed by atoms with Crippen molar-refractivity contribution in [3.8, 4) is 0 Å². The Labute approximate surface area is 164 Å². The van der Waals surface area contributed by atoms with Crippen LogP contribution in [-0.2, 0) is 17.9 Å². The summed E-state index contributed by atoms with van der Waals surface area (Å²) in [4.78, 5) is 0. The SMILES string of the molecule is Cc1cccc(C)c1C(CNCc1ccco1)COCc1c(F)cccc1F. The van der Waals surface area contributed by atoms with Crippen LogP contribution in [0.5, 0.6) is 0 Å². The zero-order valence-corrected chi connectivity index (χ0v) is 16.2. The molecule has 0 saturated carbocycles. The van der Waals surface area contributed by atoms with Crippen molar-refractivity contribution in [3.05, 3.63) is 94.4 Å². The van der Waals surface area contributed by atoms with Gasteiger partial charge in [0, 0.05) is 18.0 Å². The lowest BCUT2D eigenvalue weighted by molar-refractivity contribution is 0.101. The second-order valence-corrected chi connectivity index (χ2v) is 6.93. The van der Waals surface area contributed by atoms with Crippen molar-refractivity contribution in [2.75, 3.05) is 13.2 Å². The van der Waals surface area contributed by atoms with E-state index in [2.05, 4.69) is 31.3 Å². The molecular formula is C23H25F2NO2. The first-order chi connectivity index (χ1) is 13.6. The lowest BCUT2D eigenvalue weighted by atomic mass is 9.91. The molecule has 3 aromatic rings. The van der Waals surface area contributed by atoms with Gasteiger partial charge in [-0.25, -0.2) is 8.78 Å². The Balaban J connectivity index is 1.68. The Kier molecular flexibility index (Phi) is 6.95. The molecule has 0 aliphatic carbocycles. The highest BCUT2D eigenvalue weighted by atomic mass is 19.1. The number of nitrogens with one attached hydrogen (secondary N) is 1. The molecule has 0 bridgehead atoms. The minimum atomic E-state index is -0.584. The van der Waals surface area contributed by atoms with E-state index in [0.717, 1.165) is 5.76 Å². The van der Waals surface area contributed by atoms with Gasteiger partial charge in [-0.3, -0.25) is 0 Å². The van der Waals surface area contributed by atoms with Gasteiger partial charge in [-0.1, -0.05) is 24.3 Å². The number of hydrogen-bond acceptors (Lipinski definition) is 3. The summed E-state index contributed by atoms with van der Waals surface area (Å²) in [6.07, 6.45) is 1.64. The van der Waals surface area contributed by atoms with Crippen molar-refractivity contribution in [1.29, 1.82) is 0 Å². The van der Waals surface area contributed by atoms with Crippen molar-refractivity contribution in [2.24, 2.45) is 0 Å². The second kappa shape index (κ2) is 9.62. The lowest BCUT2D eigenvalue weighted by Gasteiger charge is -2.22. The van der Waals surface area contributed by atoms with Gasteiger partial charge in [0.25, 0.3) is 0 Å². The van der Waals surface area contributed by atoms with Crippen LogP contribution >= 0.6 is 0 Å². The third-order valence-electron chi connectivity index (χ3n) is 4.85. The van der Waals surface area contributed by atoms with Gasteiger partial charge in [0.15, 0.2) is 0 Å². The van der Waals surface area contributed by atoms with Crippen LogP contribution < -0.4 is 5.32 Å². The number of aryl methyl sites for hydroxylation is 2. The summed E-state index contributed by atoms with van der Waals surface area (Å²) in [7, 11) is 0. The van der Waals surface area contributed by atoms with E-state index in [1.165, 1.54) is 34.9 Å². The first-order valence-electron chi connectivity index (χ1n) is 9.36. The van der Waals surface area contributed by atoms with Crippen LogP contribution in [-0.4, -0.2) is 13.2 Å². The topological polar surface area (TPSA) is 34.4 Å². The Morgan fingerprint density at radius 1 is 0.964 bits per heavy atom. The molecule has 148 valence electrons. The molecule has 0 aliphatic rings. The van der Waals surface area contributed by atoms with Gasteiger partial charge in [0.2, 0.25) is 0 Å². The molecule has 0 saturated heterocycles. The van der Waals surface area contributed by atoms with Crippen molar-refractivity contribution < 1.29 is 17.9 Å². The molecule has 0 spiro atoms. The Morgan fingerprint density at radius 3 is 2.29 bits per heavy atom. The van der Waals surface area contributed by atoms with Crippen LogP contribution in [0.1, 0.15) is 33.9 Å². The van der Waals surface area contributed by atoms with Gasteiger partial charge in [0.1, 0.15) is 17.4 Å². The van der Waals surface area contributed by atoms with E-state index in [9.17, 15) is 8.78 Å². The van der Waals surface area contributed by atoms with Crippen LogP contribution in [0, 0.1) is 25.5 Å². The van der Waals surface area contributed by atoms with Crippen LogP contribution in [0.25, 0.3) is 0 Å². The fourth-order valence-corrected chi connectivity index (χ4v) is 3.47. The summed E-state index contributed by atoms with van der Waals surface area (Å²) in [5, 5.41) is 3.39. The van der Waals surface area contributed by atoms with Gasteiger partial charge in [0.05, 0.1) is 26.0 Å². The van der Waals surface area contributed by atoms with E-state index >= 15 is 0 Å². The minimum Gasteiger partial charge on any atom is -0.468 e. The Bertz CT molecular complexity index is 853. The summed E-state index contributed by atoms with van der Waals surface area (Å²) in [5.41, 5.74) is 3.51. The molecule has 3 rings (SSSR count). The fraction of sp³-hybridized carbons (Fsp3) is 0.304. The third kappa shape index (κ3) is 5.06. The standard InChI is InChI=1S/C23H25F2NO2/c1-16-6-3-7-17(2)23(16)18(12-26-13-19-8-5-11-28-19)14-27-15-20-21(24)9-4-10-22(20)25/h3-11,18,26H,12-15H2,1-2H3. The molecule has 1 atom stereocenters. The molecule has 0 aliphatic heterocycles. The van der Waals surface area contributed by atoms with E-state index < -0.39 is 11.6 Å². The molecule has 1 aromatic heterocycles. The minimum absolute atomic E-state index is 0.0358. The molecule has 0 amide bonds. The highest BCUT2D eigenvalue weighted by Gasteiger charge is 2.18. The van der Waals surface area contributed by atoms with Gasteiger partial charge in [-0.05, 0) is 54.8 Å². The van der Waals surface area contributed by atoms with Gasteiger partial charge < -0.3 is 14.5 Å². The Morgan fingerprint density at radius 2 is 1.64 bits per heavy atom. The summed E-state index contributed by atoms with van der Waals surface area (Å²) >= 11 is 0. The number of hydrogen-bond donors (Lipinski definition) is 1. The predicted molar refractivity (Wildman–Crippen MR) is 105 cm³/mol. The van der Waals surface area contributed by atoms with Crippen LogP contribution in [0.3, 0.4) is 0 Å². The maximum Gasteiger partial charge on any atom is 0.131 e. The first-order valence-corrected chi connectivity index (χ1v) is 9.36. The number of halogens is 2. The first kappa shape index (κ1) is 20.2. The molecule has 28 heavy (non-hydrogen) atoms. The monoisotopic (exact) mass is 385 g/mol. The van der Waals surface area contributed by atoms with E-state index in [1.807, 2.05) is 18.2 Å². The van der Waals surface area contributed by atoms with E-state index in [1.54, 1.807) is 6.26 Å². The molecule has 2 aromatic carbocycles. The van der Waals surface area contributed by atoms with Crippen LogP contribution in [0.2, 0.25) is 0 Å². The smallest absolute Gasteiger partial charge is 0.131 e. The van der Waals surface area contributed by atoms with Gasteiger partial charge in [-0.15, -0.1) is 0 Å². The molecule has 1 N–H and O–H groups in total. The highest BCUT2D eigenvalue weighted by molar-refractivity contribution is 5.37. The molecule has 5 heteroatoms. The van der Waals surface area contributed by atoms with Gasteiger partial charge >= 0.3 is 0 Å². The fourth-order valence-electron chi connectivity index (χ4n) is 3.47. The normalized spacial score (nSPS) is 12.3. The number of benzene rings is 2. The van der Waals surface area contributed by atoms with Crippen molar-refractivity contribution in [2.45, 2.75) is 32.9 Å². The van der Waals surface area contributed by atoms with Crippen LogP contribution in [0.15, 0.2) is 59.2 Å². The second-order valence-electron chi connectivity index (χ2n) is 6.93. The quantitative estimate of drug-likeness (QED) is 0.545. The average molecular weight is 385 g/mol. The van der Waals surface area contributed by atoms with E-state index in [0.29, 0.717) is 19.7 Å². The van der Waals surface area contributed by atoms with Crippen molar-refractivity contribution in [1.82, 2.24) is 5.32 Å². The molecule has 0 radical (unpaired) electrons. The third-order valence-corrected chi connectivity index (χ3v) is 4.85. The Hall–Kier alpha value is -2.50. The molecule has 0 fully saturated rings. The molecule has 1 unspecified atom stereocenters. The van der Waals surface area contributed by atoms with Crippen LogP contribution in [0.4, 0.5) is 8.78 Å². The summed E-state index contributed by atoms with van der Waals surface area (Å²) in [5.74, 6) is -0.264. The molecule has 1 heterocycles. The number of rotatable bonds is 9. The highest BCUT2D eigenvalue weighted by Crippen LogP contribution is 2.25. The number of ether oxygens (including phenoxy) is 1. The summed E-state index contributed by atoms with van der Waals surface area (Å²) in [6, 6.07) is 13.8. The van der Waals surface area contributed by atoms with E-state index in [-0.39, 0.29) is 18.1 Å². The maximum absolute atomic E-state index is 13.8. The lowest BCUT2D eigenvalue weighted by Crippen LogP contribution is -2.25. The van der Waals surface area contributed by atoms with Gasteiger partial charge in [-0.2, -0.15) is 0 Å². The number of furan rings is 1. The zero-order valence-electron chi connectivity index (χ0n) is 16.2. The average Bonchev–Trinajstić information content (AvgIpc) is 3.17. The largest absolute Gasteiger partial charge is 0.468 e. The van der Waals surface area contributed by atoms with Crippen molar-refractivity contribution in [3.63, 3.8) is 0 Å². The van der Waals surface area contributed by atoms with Crippen molar-refractivity contribution >= 4 is 0 Å². The van der Waals surface area contributed by atoms with E-state index in [4.69, 9.17) is 9.15 Å². The maximum atomic E-state index is 13.8. The predicted octanol–water partition coefficient (Wildman–Crippen LogP) is 5.26.